The Balaban J connectivity index is 2.77. The highest BCUT2D eigenvalue weighted by Gasteiger charge is 2.09. The third-order valence-corrected chi connectivity index (χ3v) is 3.21. The van der Waals surface area contributed by atoms with Crippen molar-refractivity contribution in [3.63, 3.8) is 0 Å². The van der Waals surface area contributed by atoms with Crippen molar-refractivity contribution in [3.05, 3.63) is 26.6 Å². The quantitative estimate of drug-likeness (QED) is 0.849. The number of aryl methyl sites for hydroxylation is 1. The van der Waals surface area contributed by atoms with Crippen molar-refractivity contribution in [3.8, 4) is 0 Å². The average molecular weight is 350 g/mol. The monoisotopic (exact) mass is 348 g/mol. The molecule has 0 aromatic heterocycles. The molecule has 16 heavy (non-hydrogen) atoms. The number of hydrogen-bond donors (Lipinski definition) is 2. The lowest BCUT2D eigenvalue weighted by Crippen LogP contribution is -2.29. The lowest BCUT2D eigenvalue weighted by atomic mass is 10.2. The van der Waals surface area contributed by atoms with Crippen molar-refractivity contribution in [1.29, 1.82) is 0 Å². The summed E-state index contributed by atoms with van der Waals surface area (Å²) >= 11 is 6.84. The largest absolute Gasteiger partial charge is 0.338 e. The number of anilines is 1. The van der Waals surface area contributed by atoms with Crippen LogP contribution in [0.1, 0.15) is 18.9 Å². The summed E-state index contributed by atoms with van der Waals surface area (Å²) in [6.45, 7) is 4.68. The van der Waals surface area contributed by atoms with Crippen molar-refractivity contribution in [1.82, 2.24) is 5.32 Å². The molecule has 0 atom stereocenters. The lowest BCUT2D eigenvalue weighted by molar-refractivity contribution is 0.252. The van der Waals surface area contributed by atoms with Crippen LogP contribution in [0.5, 0.6) is 0 Å². The predicted octanol–water partition coefficient (Wildman–Crippen LogP) is 4.05. The number of amides is 2. The van der Waals surface area contributed by atoms with Gasteiger partial charge in [-0.1, -0.05) is 6.92 Å². The van der Waals surface area contributed by atoms with Crippen LogP contribution in [-0.2, 0) is 0 Å². The fraction of sp³-hybridized carbons (Fsp3) is 0.364. The van der Waals surface area contributed by atoms with Crippen molar-refractivity contribution in [2.45, 2.75) is 20.3 Å². The van der Waals surface area contributed by atoms with Crippen LogP contribution in [0.2, 0.25) is 0 Å². The standard InChI is InChI=1S/C11H14Br2N2O/c1-3-4-14-11(16)15-10-8(12)5-7(2)6-9(10)13/h5-6H,3-4H2,1-2H3,(H2,14,15,16). The topological polar surface area (TPSA) is 41.1 Å². The van der Waals surface area contributed by atoms with Gasteiger partial charge < -0.3 is 10.6 Å². The Morgan fingerprint density at radius 2 is 1.88 bits per heavy atom. The van der Waals surface area contributed by atoms with E-state index in [4.69, 9.17) is 0 Å². The minimum absolute atomic E-state index is 0.188. The van der Waals surface area contributed by atoms with Gasteiger partial charge in [0.1, 0.15) is 0 Å². The summed E-state index contributed by atoms with van der Waals surface area (Å²) in [6.07, 6.45) is 0.920. The molecule has 0 saturated heterocycles. The van der Waals surface area contributed by atoms with E-state index in [0.29, 0.717) is 6.54 Å². The molecule has 0 aliphatic rings. The molecular formula is C11H14Br2N2O. The van der Waals surface area contributed by atoms with E-state index in [1.807, 2.05) is 26.0 Å². The van der Waals surface area contributed by atoms with Crippen LogP contribution < -0.4 is 10.6 Å². The number of hydrogen-bond acceptors (Lipinski definition) is 1. The number of nitrogens with one attached hydrogen (secondary N) is 2. The second-order valence-corrected chi connectivity index (χ2v) is 5.19. The van der Waals surface area contributed by atoms with Gasteiger partial charge in [0.15, 0.2) is 0 Å². The molecular weight excluding hydrogens is 336 g/mol. The molecule has 0 heterocycles. The lowest BCUT2D eigenvalue weighted by Gasteiger charge is -2.11. The zero-order valence-corrected chi connectivity index (χ0v) is 12.4. The molecule has 2 N–H and O–H groups in total. The van der Waals surface area contributed by atoms with Crippen LogP contribution in [0, 0.1) is 6.92 Å². The molecule has 5 heteroatoms. The Kier molecular flexibility index (Phi) is 5.28. The normalized spacial score (nSPS) is 10.0. The Hall–Kier alpha value is -0.550. The molecule has 0 unspecified atom stereocenters. The van der Waals surface area contributed by atoms with E-state index in [2.05, 4.69) is 42.5 Å². The smallest absolute Gasteiger partial charge is 0.319 e. The number of carbonyl (C=O) groups excluding carboxylic acids is 1. The summed E-state index contributed by atoms with van der Waals surface area (Å²) in [5.41, 5.74) is 1.87. The first kappa shape index (κ1) is 13.5. The molecule has 1 rings (SSSR count). The van der Waals surface area contributed by atoms with Crippen molar-refractivity contribution in [2.24, 2.45) is 0 Å². The third-order valence-electron chi connectivity index (χ3n) is 1.96. The maximum absolute atomic E-state index is 11.5. The minimum Gasteiger partial charge on any atom is -0.338 e. The van der Waals surface area contributed by atoms with Crippen LogP contribution in [-0.4, -0.2) is 12.6 Å². The van der Waals surface area contributed by atoms with Gasteiger partial charge in [0.2, 0.25) is 0 Å². The fourth-order valence-corrected chi connectivity index (χ4v) is 2.83. The second-order valence-electron chi connectivity index (χ2n) is 3.48. The molecule has 1 aromatic rings. The summed E-state index contributed by atoms with van der Waals surface area (Å²) in [5, 5.41) is 5.55. The summed E-state index contributed by atoms with van der Waals surface area (Å²) in [5.74, 6) is 0. The first-order chi connectivity index (χ1) is 7.54. The van der Waals surface area contributed by atoms with Gasteiger partial charge in [0.25, 0.3) is 0 Å². The van der Waals surface area contributed by atoms with Crippen molar-refractivity contribution >= 4 is 43.6 Å². The van der Waals surface area contributed by atoms with Gasteiger partial charge in [-0.2, -0.15) is 0 Å². The third kappa shape index (κ3) is 3.79. The fourth-order valence-electron chi connectivity index (χ4n) is 1.22. The highest BCUT2D eigenvalue weighted by Crippen LogP contribution is 2.32. The molecule has 0 spiro atoms. The van der Waals surface area contributed by atoms with Crippen LogP contribution in [0.4, 0.5) is 10.5 Å². The van der Waals surface area contributed by atoms with E-state index < -0.39 is 0 Å². The number of urea groups is 1. The van der Waals surface area contributed by atoms with Gasteiger partial charge in [-0.05, 0) is 62.9 Å². The predicted molar refractivity (Wildman–Crippen MR) is 73.9 cm³/mol. The highest BCUT2D eigenvalue weighted by molar-refractivity contribution is 9.11. The maximum atomic E-state index is 11.5. The highest BCUT2D eigenvalue weighted by atomic mass is 79.9. The number of benzene rings is 1. The Labute approximate surface area is 112 Å². The summed E-state index contributed by atoms with van der Waals surface area (Å²) < 4.78 is 1.73. The maximum Gasteiger partial charge on any atom is 0.319 e. The molecule has 0 radical (unpaired) electrons. The second kappa shape index (κ2) is 6.25. The van der Waals surface area contributed by atoms with E-state index in [9.17, 15) is 4.79 Å². The van der Waals surface area contributed by atoms with Crippen molar-refractivity contribution < 1.29 is 4.79 Å². The van der Waals surface area contributed by atoms with Crippen molar-refractivity contribution in [2.75, 3.05) is 11.9 Å². The Morgan fingerprint density at radius 3 is 2.38 bits per heavy atom. The van der Waals surface area contributed by atoms with E-state index in [1.165, 1.54) is 0 Å². The Morgan fingerprint density at radius 1 is 1.31 bits per heavy atom. The zero-order chi connectivity index (χ0) is 12.1. The number of rotatable bonds is 3. The molecule has 0 bridgehead atoms. The van der Waals surface area contributed by atoms with Crippen LogP contribution in [0.15, 0.2) is 21.1 Å². The van der Waals surface area contributed by atoms with Gasteiger partial charge in [0.05, 0.1) is 5.69 Å². The molecule has 0 saturated carbocycles. The van der Waals surface area contributed by atoms with E-state index in [1.54, 1.807) is 0 Å². The molecule has 0 aliphatic heterocycles. The summed E-state index contributed by atoms with van der Waals surface area (Å²) in [7, 11) is 0. The number of carbonyl (C=O) groups is 1. The van der Waals surface area contributed by atoms with Gasteiger partial charge in [-0.3, -0.25) is 0 Å². The first-order valence-electron chi connectivity index (χ1n) is 5.05. The SMILES string of the molecule is CCCNC(=O)Nc1c(Br)cc(C)cc1Br. The van der Waals surface area contributed by atoms with Crippen LogP contribution in [0.25, 0.3) is 0 Å². The van der Waals surface area contributed by atoms with Crippen LogP contribution >= 0.6 is 31.9 Å². The van der Waals surface area contributed by atoms with Crippen LogP contribution in [0.3, 0.4) is 0 Å². The zero-order valence-electron chi connectivity index (χ0n) is 9.23. The summed E-state index contributed by atoms with van der Waals surface area (Å²) in [4.78, 5) is 11.5. The summed E-state index contributed by atoms with van der Waals surface area (Å²) in [6, 6.07) is 3.73. The van der Waals surface area contributed by atoms with Gasteiger partial charge in [0, 0.05) is 15.5 Å². The average Bonchev–Trinajstić information content (AvgIpc) is 2.20. The molecule has 3 nitrogen and oxygen atoms in total. The Bertz CT molecular complexity index is 371. The number of halogens is 2. The molecule has 0 aliphatic carbocycles. The molecule has 88 valence electrons. The van der Waals surface area contributed by atoms with Gasteiger partial charge >= 0.3 is 6.03 Å². The minimum atomic E-state index is -0.188. The van der Waals surface area contributed by atoms with E-state index >= 15 is 0 Å². The first-order valence-corrected chi connectivity index (χ1v) is 6.63. The molecule has 1 aromatic carbocycles. The molecule has 2 amide bonds. The van der Waals surface area contributed by atoms with Gasteiger partial charge in [-0.15, -0.1) is 0 Å². The van der Waals surface area contributed by atoms with Gasteiger partial charge in [-0.25, -0.2) is 4.79 Å². The molecule has 0 fully saturated rings. The van der Waals surface area contributed by atoms with E-state index in [-0.39, 0.29) is 6.03 Å². The van der Waals surface area contributed by atoms with E-state index in [0.717, 1.165) is 26.6 Å².